The number of hydrogen-bond donors (Lipinski definition) is 1. The van der Waals surface area contributed by atoms with E-state index in [2.05, 4.69) is 48.6 Å². The summed E-state index contributed by atoms with van der Waals surface area (Å²) in [7, 11) is 0. The molecule has 126 valence electrons. The number of nitrogens with one attached hydrogen (secondary N) is 1. The van der Waals surface area contributed by atoms with E-state index in [4.69, 9.17) is 0 Å². The number of halogens is 1. The number of hydrogen-bond acceptors (Lipinski definition) is 6. The summed E-state index contributed by atoms with van der Waals surface area (Å²) >= 11 is 4.73. The fourth-order valence-corrected chi connectivity index (χ4v) is 3.50. The van der Waals surface area contributed by atoms with Gasteiger partial charge in [0.15, 0.2) is 0 Å². The fraction of sp³-hybridized carbons (Fsp3) is 0.125. The van der Waals surface area contributed by atoms with E-state index < -0.39 is 0 Å². The molecule has 1 aromatic carbocycles. The normalized spacial score (nSPS) is 11.1. The summed E-state index contributed by atoms with van der Waals surface area (Å²) in [6, 6.07) is 9.52. The van der Waals surface area contributed by atoms with E-state index in [1.54, 1.807) is 6.20 Å². The molecule has 1 N–H and O–H groups in total. The lowest BCUT2D eigenvalue weighted by molar-refractivity contribution is 0.614. The topological polar surface area (TPSA) is 77.1 Å². The molecular formula is C16H13BrN6OS. The van der Waals surface area contributed by atoms with Crippen LogP contribution in [-0.2, 0) is 13.0 Å². The van der Waals surface area contributed by atoms with Crippen LogP contribution in [0.2, 0.25) is 0 Å². The van der Waals surface area contributed by atoms with Gasteiger partial charge >= 0.3 is 0 Å². The Kier molecular flexibility index (Phi) is 4.33. The number of anilines is 2. The highest BCUT2D eigenvalue weighted by Crippen LogP contribution is 2.21. The number of fused-ring (bicyclic) bond motifs is 1. The third kappa shape index (κ3) is 3.62. The third-order valence-electron chi connectivity index (χ3n) is 3.61. The molecule has 0 aliphatic heterocycles. The van der Waals surface area contributed by atoms with E-state index in [1.807, 2.05) is 23.0 Å². The summed E-state index contributed by atoms with van der Waals surface area (Å²) in [6.07, 6.45) is 6.13. The van der Waals surface area contributed by atoms with Gasteiger partial charge in [-0.05, 0) is 40.0 Å². The Hall–Kier alpha value is -2.52. The first kappa shape index (κ1) is 16.0. The van der Waals surface area contributed by atoms with Crippen molar-refractivity contribution >= 4 is 43.0 Å². The van der Waals surface area contributed by atoms with Crippen molar-refractivity contribution < 1.29 is 0 Å². The summed E-state index contributed by atoms with van der Waals surface area (Å²) in [4.78, 5) is 16.4. The molecular weight excluding hydrogens is 404 g/mol. The zero-order chi connectivity index (χ0) is 17.2. The van der Waals surface area contributed by atoms with Crippen LogP contribution in [0.15, 0.2) is 58.2 Å². The van der Waals surface area contributed by atoms with Crippen molar-refractivity contribution in [3.05, 3.63) is 69.3 Å². The lowest BCUT2D eigenvalue weighted by Gasteiger charge is -2.05. The van der Waals surface area contributed by atoms with Crippen LogP contribution in [-0.4, -0.2) is 24.4 Å². The van der Waals surface area contributed by atoms with Gasteiger partial charge in [0, 0.05) is 30.7 Å². The monoisotopic (exact) mass is 416 g/mol. The van der Waals surface area contributed by atoms with Gasteiger partial charge < -0.3 is 5.32 Å². The fourth-order valence-electron chi connectivity index (χ4n) is 2.38. The maximum Gasteiger partial charge on any atom is 0.275 e. The molecule has 25 heavy (non-hydrogen) atoms. The first-order valence-electron chi connectivity index (χ1n) is 7.56. The lowest BCUT2D eigenvalue weighted by Crippen LogP contribution is -2.12. The van der Waals surface area contributed by atoms with Crippen LogP contribution in [0.5, 0.6) is 0 Å². The zero-order valence-electron chi connectivity index (χ0n) is 13.0. The number of nitrogens with zero attached hydrogens (tertiary/aromatic N) is 5. The molecule has 0 bridgehead atoms. The minimum Gasteiger partial charge on any atom is -0.330 e. The van der Waals surface area contributed by atoms with Crippen molar-refractivity contribution in [1.82, 2.24) is 24.4 Å². The molecule has 0 saturated heterocycles. The standard InChI is InChI=1S/C16H13BrN6OS/c17-12-9-19-22(10-12)8-6-11-1-3-13(4-2-11)20-15-21-23-14(24)5-7-18-16(23)25-15/h1-5,7,9-10H,6,8H2,(H,20,21). The molecule has 0 spiro atoms. The quantitative estimate of drug-likeness (QED) is 0.540. The lowest BCUT2D eigenvalue weighted by atomic mass is 10.1. The molecule has 0 unspecified atom stereocenters. The van der Waals surface area contributed by atoms with Gasteiger partial charge in [0.1, 0.15) is 0 Å². The summed E-state index contributed by atoms with van der Waals surface area (Å²) in [5.74, 6) is 0. The largest absolute Gasteiger partial charge is 0.330 e. The SMILES string of the molecule is O=c1ccnc2sc(Nc3ccc(CCn4cc(Br)cn4)cc3)nn12. The molecule has 0 aliphatic rings. The minimum atomic E-state index is -0.185. The number of aromatic nitrogens is 5. The van der Waals surface area contributed by atoms with Gasteiger partial charge in [-0.25, -0.2) is 4.98 Å². The average molecular weight is 417 g/mol. The molecule has 4 aromatic rings. The molecule has 9 heteroatoms. The van der Waals surface area contributed by atoms with Crippen molar-refractivity contribution in [3.63, 3.8) is 0 Å². The Bertz CT molecular complexity index is 1070. The molecule has 3 aromatic heterocycles. The predicted octanol–water partition coefficient (Wildman–Crippen LogP) is 3.10. The Morgan fingerprint density at radius 1 is 1.20 bits per heavy atom. The zero-order valence-corrected chi connectivity index (χ0v) is 15.4. The Balaban J connectivity index is 1.44. The van der Waals surface area contributed by atoms with Crippen LogP contribution in [0.1, 0.15) is 5.56 Å². The van der Waals surface area contributed by atoms with E-state index in [1.165, 1.54) is 33.7 Å². The highest BCUT2D eigenvalue weighted by molar-refractivity contribution is 9.10. The van der Waals surface area contributed by atoms with Gasteiger partial charge in [-0.1, -0.05) is 23.5 Å². The van der Waals surface area contributed by atoms with Crippen LogP contribution >= 0.6 is 27.3 Å². The van der Waals surface area contributed by atoms with Crippen LogP contribution in [0.4, 0.5) is 10.8 Å². The summed E-state index contributed by atoms with van der Waals surface area (Å²) in [5.41, 5.74) is 1.95. The smallest absolute Gasteiger partial charge is 0.275 e. The number of benzene rings is 1. The minimum absolute atomic E-state index is 0.185. The van der Waals surface area contributed by atoms with Gasteiger partial charge in [0.25, 0.3) is 5.56 Å². The maximum atomic E-state index is 11.7. The number of aryl methyl sites for hydroxylation is 2. The number of rotatable bonds is 5. The van der Waals surface area contributed by atoms with Crippen LogP contribution < -0.4 is 10.9 Å². The Labute approximate surface area is 155 Å². The van der Waals surface area contributed by atoms with Crippen molar-refractivity contribution in [1.29, 1.82) is 0 Å². The third-order valence-corrected chi connectivity index (χ3v) is 4.85. The average Bonchev–Trinajstić information content (AvgIpc) is 3.21. The van der Waals surface area contributed by atoms with Gasteiger partial charge in [0.2, 0.25) is 10.1 Å². The summed E-state index contributed by atoms with van der Waals surface area (Å²) in [5, 5.41) is 12.3. The van der Waals surface area contributed by atoms with E-state index in [9.17, 15) is 4.79 Å². The molecule has 7 nitrogen and oxygen atoms in total. The van der Waals surface area contributed by atoms with Crippen molar-refractivity contribution in [3.8, 4) is 0 Å². The van der Waals surface area contributed by atoms with Crippen molar-refractivity contribution in [2.24, 2.45) is 0 Å². The van der Waals surface area contributed by atoms with Gasteiger partial charge in [-0.15, -0.1) is 5.10 Å². The maximum absolute atomic E-state index is 11.7. The molecule has 0 saturated carbocycles. The Morgan fingerprint density at radius 3 is 2.76 bits per heavy atom. The highest BCUT2D eigenvalue weighted by atomic mass is 79.9. The second kappa shape index (κ2) is 6.77. The summed E-state index contributed by atoms with van der Waals surface area (Å²) in [6.45, 7) is 0.824. The molecule has 0 aliphatic carbocycles. The van der Waals surface area contributed by atoms with E-state index >= 15 is 0 Å². The van der Waals surface area contributed by atoms with E-state index in [0.29, 0.717) is 10.1 Å². The predicted molar refractivity (Wildman–Crippen MR) is 100 cm³/mol. The van der Waals surface area contributed by atoms with Crippen molar-refractivity contribution in [2.75, 3.05) is 5.32 Å². The summed E-state index contributed by atoms with van der Waals surface area (Å²) < 4.78 is 4.18. The molecule has 0 radical (unpaired) electrons. The van der Waals surface area contributed by atoms with Crippen LogP contribution in [0.25, 0.3) is 4.96 Å². The molecule has 0 fully saturated rings. The van der Waals surface area contributed by atoms with Crippen LogP contribution in [0, 0.1) is 0 Å². The molecule has 3 heterocycles. The van der Waals surface area contributed by atoms with Gasteiger partial charge in [0.05, 0.1) is 10.7 Å². The van der Waals surface area contributed by atoms with Gasteiger partial charge in [-0.2, -0.15) is 9.61 Å². The highest BCUT2D eigenvalue weighted by Gasteiger charge is 2.06. The molecule has 0 atom stereocenters. The van der Waals surface area contributed by atoms with Crippen molar-refractivity contribution in [2.45, 2.75) is 13.0 Å². The molecule has 4 rings (SSSR count). The second-order valence-electron chi connectivity index (χ2n) is 5.38. The molecule has 0 amide bonds. The van der Waals surface area contributed by atoms with E-state index in [-0.39, 0.29) is 5.56 Å². The first-order chi connectivity index (χ1) is 12.2. The first-order valence-corrected chi connectivity index (χ1v) is 9.17. The second-order valence-corrected chi connectivity index (χ2v) is 7.25. The van der Waals surface area contributed by atoms with E-state index in [0.717, 1.165) is 23.1 Å². The Morgan fingerprint density at radius 2 is 2.04 bits per heavy atom. The van der Waals surface area contributed by atoms with Gasteiger partial charge in [-0.3, -0.25) is 9.48 Å². The van der Waals surface area contributed by atoms with Crippen LogP contribution in [0.3, 0.4) is 0 Å².